The van der Waals surface area contributed by atoms with Gasteiger partial charge in [0.2, 0.25) is 5.91 Å². The average molecular weight is 235 g/mol. The van der Waals surface area contributed by atoms with Gasteiger partial charge in [0.1, 0.15) is 5.82 Å². The Hall–Kier alpha value is -1.69. The number of nitrogens with one attached hydrogen (secondary N) is 2. The number of hydrogen-bond donors (Lipinski definition) is 2. The summed E-state index contributed by atoms with van der Waals surface area (Å²) in [6.07, 6.45) is 3.44. The van der Waals surface area contributed by atoms with Crippen molar-refractivity contribution in [1.29, 1.82) is 0 Å². The van der Waals surface area contributed by atoms with Crippen molar-refractivity contribution in [2.75, 3.05) is 25.5 Å². The van der Waals surface area contributed by atoms with Gasteiger partial charge in [0.15, 0.2) is 0 Å². The summed E-state index contributed by atoms with van der Waals surface area (Å²) in [7, 11) is 1.81. The van der Waals surface area contributed by atoms with E-state index in [2.05, 4.69) is 25.5 Å². The van der Waals surface area contributed by atoms with Gasteiger partial charge in [-0.3, -0.25) is 14.7 Å². The molecule has 1 aliphatic heterocycles. The van der Waals surface area contributed by atoms with Crippen LogP contribution in [0.15, 0.2) is 12.4 Å². The first-order valence-corrected chi connectivity index (χ1v) is 5.71. The van der Waals surface area contributed by atoms with E-state index in [-0.39, 0.29) is 11.9 Å². The van der Waals surface area contributed by atoms with Crippen LogP contribution in [0.1, 0.15) is 12.6 Å². The van der Waals surface area contributed by atoms with E-state index >= 15 is 0 Å². The first kappa shape index (κ1) is 11.8. The van der Waals surface area contributed by atoms with Crippen molar-refractivity contribution in [1.82, 2.24) is 20.2 Å². The van der Waals surface area contributed by atoms with E-state index in [4.69, 9.17) is 0 Å². The van der Waals surface area contributed by atoms with E-state index in [0.717, 1.165) is 18.1 Å². The molecular formula is C11H17N5O. The fourth-order valence-electron chi connectivity index (χ4n) is 1.82. The molecule has 1 aromatic rings. The molecule has 1 aromatic heterocycles. The van der Waals surface area contributed by atoms with Gasteiger partial charge >= 0.3 is 0 Å². The van der Waals surface area contributed by atoms with Crippen LogP contribution in [0.4, 0.5) is 5.82 Å². The second kappa shape index (κ2) is 5.09. The van der Waals surface area contributed by atoms with Gasteiger partial charge in [0.25, 0.3) is 0 Å². The Morgan fingerprint density at radius 3 is 3.00 bits per heavy atom. The third-order valence-electron chi connectivity index (χ3n) is 2.95. The summed E-state index contributed by atoms with van der Waals surface area (Å²) in [5.74, 6) is 0.828. The molecular weight excluding hydrogens is 218 g/mol. The molecule has 1 amide bonds. The minimum atomic E-state index is -0.102. The molecule has 1 fully saturated rings. The van der Waals surface area contributed by atoms with E-state index in [1.54, 1.807) is 19.4 Å². The van der Waals surface area contributed by atoms with Crippen LogP contribution < -0.4 is 10.6 Å². The van der Waals surface area contributed by atoms with Crippen molar-refractivity contribution in [3.05, 3.63) is 18.1 Å². The van der Waals surface area contributed by atoms with Gasteiger partial charge in [0, 0.05) is 26.7 Å². The lowest BCUT2D eigenvalue weighted by molar-refractivity contribution is -0.128. The van der Waals surface area contributed by atoms with Gasteiger partial charge in [-0.25, -0.2) is 4.98 Å². The Morgan fingerprint density at radius 1 is 1.53 bits per heavy atom. The number of carbonyl (C=O) groups is 1. The second-order valence-corrected chi connectivity index (χ2v) is 4.08. The Morgan fingerprint density at radius 2 is 2.35 bits per heavy atom. The maximum atomic E-state index is 11.5. The molecule has 92 valence electrons. The lowest BCUT2D eigenvalue weighted by Crippen LogP contribution is -2.53. The quantitative estimate of drug-likeness (QED) is 0.761. The van der Waals surface area contributed by atoms with Gasteiger partial charge < -0.3 is 10.6 Å². The molecule has 2 heterocycles. The highest BCUT2D eigenvalue weighted by molar-refractivity contribution is 5.81. The Kier molecular flexibility index (Phi) is 3.53. The first-order valence-electron chi connectivity index (χ1n) is 5.71. The number of amides is 1. The molecule has 2 N–H and O–H groups in total. The molecule has 0 saturated carbocycles. The van der Waals surface area contributed by atoms with Crippen molar-refractivity contribution in [2.45, 2.75) is 19.5 Å². The summed E-state index contributed by atoms with van der Waals surface area (Å²) in [6.45, 7) is 4.11. The number of aromatic nitrogens is 2. The van der Waals surface area contributed by atoms with Crippen LogP contribution in [0.25, 0.3) is 0 Å². The van der Waals surface area contributed by atoms with Gasteiger partial charge in [-0.2, -0.15) is 0 Å². The summed E-state index contributed by atoms with van der Waals surface area (Å²) >= 11 is 0. The van der Waals surface area contributed by atoms with Gasteiger partial charge in [-0.1, -0.05) is 0 Å². The monoisotopic (exact) mass is 235 g/mol. The lowest BCUT2D eigenvalue weighted by atomic mass is 10.2. The normalized spacial score (nSPS) is 21.1. The van der Waals surface area contributed by atoms with Crippen LogP contribution >= 0.6 is 0 Å². The summed E-state index contributed by atoms with van der Waals surface area (Å²) < 4.78 is 0. The molecule has 1 saturated heterocycles. The zero-order chi connectivity index (χ0) is 12.3. The highest BCUT2D eigenvalue weighted by Gasteiger charge is 2.25. The Balaban J connectivity index is 2.01. The zero-order valence-corrected chi connectivity index (χ0v) is 10.1. The first-order chi connectivity index (χ1) is 8.20. The van der Waals surface area contributed by atoms with Crippen LogP contribution in [0.2, 0.25) is 0 Å². The number of hydrogen-bond acceptors (Lipinski definition) is 5. The van der Waals surface area contributed by atoms with Crippen molar-refractivity contribution in [2.24, 2.45) is 0 Å². The van der Waals surface area contributed by atoms with Crippen molar-refractivity contribution in [3.63, 3.8) is 0 Å². The van der Waals surface area contributed by atoms with Crippen LogP contribution in [0, 0.1) is 0 Å². The molecule has 0 aromatic carbocycles. The van der Waals surface area contributed by atoms with Crippen molar-refractivity contribution < 1.29 is 4.79 Å². The third kappa shape index (κ3) is 2.71. The molecule has 6 nitrogen and oxygen atoms in total. The molecule has 1 atom stereocenters. The molecule has 0 spiro atoms. The summed E-state index contributed by atoms with van der Waals surface area (Å²) in [6, 6.07) is -0.102. The molecule has 6 heteroatoms. The highest BCUT2D eigenvalue weighted by Crippen LogP contribution is 2.09. The second-order valence-electron chi connectivity index (χ2n) is 4.08. The van der Waals surface area contributed by atoms with E-state index in [1.165, 1.54) is 0 Å². The number of anilines is 1. The fourth-order valence-corrected chi connectivity index (χ4v) is 1.82. The average Bonchev–Trinajstić information content (AvgIpc) is 2.36. The van der Waals surface area contributed by atoms with Crippen LogP contribution in [0.5, 0.6) is 0 Å². The summed E-state index contributed by atoms with van der Waals surface area (Å²) in [5, 5.41) is 5.76. The fraction of sp³-hybridized carbons (Fsp3) is 0.545. The highest BCUT2D eigenvalue weighted by atomic mass is 16.2. The SMILES string of the molecule is CNc1cnc(CN2CCNC(=O)C2C)cn1. The molecule has 1 unspecified atom stereocenters. The lowest BCUT2D eigenvalue weighted by Gasteiger charge is -2.32. The van der Waals surface area contributed by atoms with Gasteiger partial charge in [-0.05, 0) is 6.92 Å². The summed E-state index contributed by atoms with van der Waals surface area (Å²) in [5.41, 5.74) is 0.880. The number of piperazine rings is 1. The van der Waals surface area contributed by atoms with E-state index in [1.807, 2.05) is 6.92 Å². The minimum Gasteiger partial charge on any atom is -0.372 e. The van der Waals surface area contributed by atoms with E-state index in [0.29, 0.717) is 13.1 Å². The topological polar surface area (TPSA) is 70.2 Å². The van der Waals surface area contributed by atoms with Crippen LogP contribution in [-0.4, -0.2) is 47.0 Å². The number of rotatable bonds is 3. The molecule has 17 heavy (non-hydrogen) atoms. The zero-order valence-electron chi connectivity index (χ0n) is 10.1. The van der Waals surface area contributed by atoms with E-state index in [9.17, 15) is 4.79 Å². The third-order valence-corrected chi connectivity index (χ3v) is 2.95. The molecule has 1 aliphatic rings. The van der Waals surface area contributed by atoms with Crippen molar-refractivity contribution >= 4 is 11.7 Å². The maximum absolute atomic E-state index is 11.5. The number of carbonyl (C=O) groups excluding carboxylic acids is 1. The standard InChI is InChI=1S/C11H17N5O/c1-8-11(17)13-3-4-16(8)7-9-5-15-10(12-2)6-14-9/h5-6,8H,3-4,7H2,1-2H3,(H,12,15)(H,13,17). The van der Waals surface area contributed by atoms with Gasteiger partial charge in [-0.15, -0.1) is 0 Å². The molecule has 0 aliphatic carbocycles. The van der Waals surface area contributed by atoms with Gasteiger partial charge in [0.05, 0.1) is 24.1 Å². The predicted octanol–water partition coefficient (Wildman–Crippen LogP) is -0.161. The molecule has 0 radical (unpaired) electrons. The molecule has 0 bridgehead atoms. The van der Waals surface area contributed by atoms with Crippen molar-refractivity contribution in [3.8, 4) is 0 Å². The summed E-state index contributed by atoms with van der Waals surface area (Å²) in [4.78, 5) is 22.1. The van der Waals surface area contributed by atoms with Crippen LogP contribution in [0.3, 0.4) is 0 Å². The van der Waals surface area contributed by atoms with E-state index < -0.39 is 0 Å². The maximum Gasteiger partial charge on any atom is 0.237 e. The Labute approximate surface area is 100 Å². The number of nitrogens with zero attached hydrogens (tertiary/aromatic N) is 3. The smallest absolute Gasteiger partial charge is 0.237 e. The largest absolute Gasteiger partial charge is 0.372 e. The Bertz CT molecular complexity index is 391. The van der Waals surface area contributed by atoms with Crippen LogP contribution in [-0.2, 0) is 11.3 Å². The molecule has 2 rings (SSSR count). The minimum absolute atomic E-state index is 0.0797. The predicted molar refractivity (Wildman–Crippen MR) is 64.5 cm³/mol.